The molecule has 1 N–H and O–H groups in total. The number of halogens is 1. The van der Waals surface area contributed by atoms with Crippen LogP contribution < -0.4 is 10.2 Å². The van der Waals surface area contributed by atoms with Crippen LogP contribution in [0.15, 0.2) is 36.5 Å². The van der Waals surface area contributed by atoms with E-state index in [-0.39, 0.29) is 6.03 Å². The number of nitrogens with one attached hydrogen (secondary N) is 1. The molecule has 0 saturated heterocycles. The molecule has 1 aliphatic heterocycles. The third kappa shape index (κ3) is 1.89. The van der Waals surface area contributed by atoms with Crippen LogP contribution in [-0.4, -0.2) is 12.6 Å². The number of amides is 2. The Labute approximate surface area is 95.9 Å². The van der Waals surface area contributed by atoms with Crippen LogP contribution in [0.3, 0.4) is 0 Å². The third-order valence-electron chi connectivity index (χ3n) is 1.95. The van der Waals surface area contributed by atoms with Crippen molar-refractivity contribution in [2.75, 3.05) is 11.4 Å². The minimum absolute atomic E-state index is 0.0753. The van der Waals surface area contributed by atoms with E-state index in [4.69, 9.17) is 0 Å². The molecule has 0 atom stereocenters. The van der Waals surface area contributed by atoms with E-state index in [9.17, 15) is 4.79 Å². The SMILES string of the molecule is O=C1NCC=CN1c1ccc(I)cc1. The van der Waals surface area contributed by atoms with Crippen molar-refractivity contribution >= 4 is 34.3 Å². The van der Waals surface area contributed by atoms with E-state index in [0.29, 0.717) is 6.54 Å². The van der Waals surface area contributed by atoms with Gasteiger partial charge in [-0.15, -0.1) is 0 Å². The van der Waals surface area contributed by atoms with Gasteiger partial charge in [-0.2, -0.15) is 0 Å². The molecule has 1 heterocycles. The van der Waals surface area contributed by atoms with E-state index in [0.717, 1.165) is 9.26 Å². The second kappa shape index (κ2) is 4.00. The largest absolute Gasteiger partial charge is 0.334 e. The second-order valence-corrected chi connectivity index (χ2v) is 4.16. The molecule has 0 aromatic heterocycles. The Morgan fingerprint density at radius 3 is 2.64 bits per heavy atom. The van der Waals surface area contributed by atoms with Crippen LogP contribution in [-0.2, 0) is 0 Å². The first-order valence-corrected chi connectivity index (χ1v) is 5.34. The topological polar surface area (TPSA) is 32.3 Å². The molecule has 0 spiro atoms. The van der Waals surface area contributed by atoms with Gasteiger partial charge >= 0.3 is 6.03 Å². The zero-order valence-electron chi connectivity index (χ0n) is 7.40. The molecular weight excluding hydrogens is 291 g/mol. The molecule has 0 fully saturated rings. The lowest BCUT2D eigenvalue weighted by Gasteiger charge is -2.22. The summed E-state index contributed by atoms with van der Waals surface area (Å²) in [7, 11) is 0. The molecule has 1 aliphatic rings. The molecule has 0 saturated carbocycles. The number of urea groups is 1. The summed E-state index contributed by atoms with van der Waals surface area (Å²) in [5.41, 5.74) is 0.888. The minimum atomic E-state index is -0.0753. The zero-order valence-corrected chi connectivity index (χ0v) is 9.56. The monoisotopic (exact) mass is 300 g/mol. The van der Waals surface area contributed by atoms with Crippen molar-refractivity contribution in [3.8, 4) is 0 Å². The summed E-state index contributed by atoms with van der Waals surface area (Å²) in [5, 5.41) is 2.74. The average Bonchev–Trinajstić information content (AvgIpc) is 2.20. The minimum Gasteiger partial charge on any atom is -0.334 e. The number of hydrogen-bond acceptors (Lipinski definition) is 1. The highest BCUT2D eigenvalue weighted by Gasteiger charge is 2.14. The Balaban J connectivity index is 2.29. The maximum absolute atomic E-state index is 11.4. The highest BCUT2D eigenvalue weighted by atomic mass is 127. The molecule has 14 heavy (non-hydrogen) atoms. The fraction of sp³-hybridized carbons (Fsp3) is 0.100. The fourth-order valence-electron chi connectivity index (χ4n) is 1.26. The van der Waals surface area contributed by atoms with Crippen LogP contribution in [0.25, 0.3) is 0 Å². The first kappa shape index (κ1) is 9.51. The Morgan fingerprint density at radius 1 is 1.29 bits per heavy atom. The summed E-state index contributed by atoms with van der Waals surface area (Å²) in [5.74, 6) is 0. The van der Waals surface area contributed by atoms with Gasteiger partial charge in [0.25, 0.3) is 0 Å². The molecule has 1 aromatic rings. The van der Waals surface area contributed by atoms with Crippen molar-refractivity contribution in [1.82, 2.24) is 5.32 Å². The van der Waals surface area contributed by atoms with Gasteiger partial charge in [-0.25, -0.2) is 4.79 Å². The van der Waals surface area contributed by atoms with Crippen molar-refractivity contribution in [2.24, 2.45) is 0 Å². The molecule has 0 aliphatic carbocycles. The summed E-state index contributed by atoms with van der Waals surface area (Å²) in [6, 6.07) is 7.74. The molecule has 72 valence electrons. The van der Waals surface area contributed by atoms with E-state index < -0.39 is 0 Å². The molecule has 2 rings (SSSR count). The van der Waals surface area contributed by atoms with Crippen LogP contribution >= 0.6 is 22.6 Å². The molecular formula is C10H9IN2O. The average molecular weight is 300 g/mol. The van der Waals surface area contributed by atoms with E-state index in [1.54, 1.807) is 11.1 Å². The Bertz CT molecular complexity index is 372. The number of carbonyl (C=O) groups is 1. The van der Waals surface area contributed by atoms with Crippen molar-refractivity contribution in [3.63, 3.8) is 0 Å². The Hall–Kier alpha value is -1.04. The number of benzene rings is 1. The maximum atomic E-state index is 11.4. The highest BCUT2D eigenvalue weighted by molar-refractivity contribution is 14.1. The van der Waals surface area contributed by atoms with Crippen LogP contribution in [0.2, 0.25) is 0 Å². The van der Waals surface area contributed by atoms with Crippen molar-refractivity contribution in [3.05, 3.63) is 40.1 Å². The lowest BCUT2D eigenvalue weighted by molar-refractivity contribution is 0.248. The molecule has 0 bridgehead atoms. The van der Waals surface area contributed by atoms with E-state index in [2.05, 4.69) is 27.9 Å². The Morgan fingerprint density at radius 2 is 2.00 bits per heavy atom. The van der Waals surface area contributed by atoms with Gasteiger partial charge in [0.15, 0.2) is 0 Å². The maximum Gasteiger partial charge on any atom is 0.326 e. The molecule has 2 amide bonds. The van der Waals surface area contributed by atoms with Gasteiger partial charge in [0, 0.05) is 16.3 Å². The number of hydrogen-bond donors (Lipinski definition) is 1. The Kier molecular flexibility index (Phi) is 2.72. The standard InChI is InChI=1S/C10H9IN2O/c11-8-2-4-9(5-3-8)13-7-1-6-12-10(13)14/h1-5,7H,6H2,(H,12,14). The summed E-state index contributed by atoms with van der Waals surface area (Å²) >= 11 is 2.24. The predicted molar refractivity (Wildman–Crippen MR) is 64.2 cm³/mol. The van der Waals surface area contributed by atoms with Gasteiger partial charge in [-0.1, -0.05) is 0 Å². The zero-order chi connectivity index (χ0) is 9.97. The number of carbonyl (C=O) groups excluding carboxylic acids is 1. The molecule has 0 radical (unpaired) electrons. The lowest BCUT2D eigenvalue weighted by Crippen LogP contribution is -2.39. The summed E-state index contributed by atoms with van der Waals surface area (Å²) in [4.78, 5) is 13.0. The first-order valence-electron chi connectivity index (χ1n) is 4.27. The van der Waals surface area contributed by atoms with Gasteiger partial charge in [-0.05, 0) is 52.9 Å². The highest BCUT2D eigenvalue weighted by Crippen LogP contribution is 2.17. The smallest absolute Gasteiger partial charge is 0.326 e. The van der Waals surface area contributed by atoms with Gasteiger partial charge < -0.3 is 5.32 Å². The first-order chi connectivity index (χ1) is 6.77. The molecule has 1 aromatic carbocycles. The lowest BCUT2D eigenvalue weighted by atomic mass is 10.3. The van der Waals surface area contributed by atoms with Crippen LogP contribution in [0.4, 0.5) is 10.5 Å². The van der Waals surface area contributed by atoms with Gasteiger partial charge in [-0.3, -0.25) is 4.90 Å². The molecule has 0 unspecified atom stereocenters. The van der Waals surface area contributed by atoms with Crippen LogP contribution in [0.1, 0.15) is 0 Å². The van der Waals surface area contributed by atoms with E-state index in [1.807, 2.05) is 30.3 Å². The summed E-state index contributed by atoms with van der Waals surface area (Å²) in [6.07, 6.45) is 3.71. The van der Waals surface area contributed by atoms with Crippen molar-refractivity contribution in [1.29, 1.82) is 0 Å². The molecule has 3 nitrogen and oxygen atoms in total. The summed E-state index contributed by atoms with van der Waals surface area (Å²) in [6.45, 7) is 0.611. The van der Waals surface area contributed by atoms with E-state index in [1.165, 1.54) is 0 Å². The molecule has 4 heteroatoms. The predicted octanol–water partition coefficient (Wildman–Crippen LogP) is 2.33. The fourth-order valence-corrected chi connectivity index (χ4v) is 1.62. The van der Waals surface area contributed by atoms with Crippen molar-refractivity contribution in [2.45, 2.75) is 0 Å². The third-order valence-corrected chi connectivity index (χ3v) is 2.67. The number of anilines is 1. The van der Waals surface area contributed by atoms with Gasteiger partial charge in [0.1, 0.15) is 0 Å². The van der Waals surface area contributed by atoms with Gasteiger partial charge in [0.05, 0.1) is 5.69 Å². The van der Waals surface area contributed by atoms with Crippen LogP contribution in [0, 0.1) is 3.57 Å². The quantitative estimate of drug-likeness (QED) is 0.793. The summed E-state index contributed by atoms with van der Waals surface area (Å²) < 4.78 is 1.16. The normalized spacial score (nSPS) is 15.5. The van der Waals surface area contributed by atoms with Crippen LogP contribution in [0.5, 0.6) is 0 Å². The second-order valence-electron chi connectivity index (χ2n) is 2.92. The number of rotatable bonds is 1. The van der Waals surface area contributed by atoms with Crippen molar-refractivity contribution < 1.29 is 4.79 Å². The number of nitrogens with zero attached hydrogens (tertiary/aromatic N) is 1. The van der Waals surface area contributed by atoms with Gasteiger partial charge in [0.2, 0.25) is 0 Å². The van der Waals surface area contributed by atoms with E-state index >= 15 is 0 Å².